The lowest BCUT2D eigenvalue weighted by atomic mass is 10.1. The molecule has 24 heavy (non-hydrogen) atoms. The molecule has 7 heteroatoms. The van der Waals surface area contributed by atoms with E-state index in [0.717, 1.165) is 10.6 Å². The first-order chi connectivity index (χ1) is 11.8. The second-order valence-corrected chi connectivity index (χ2v) is 6.20. The molecule has 2 aliphatic heterocycles. The van der Waals surface area contributed by atoms with Crippen molar-refractivity contribution in [3.8, 4) is 0 Å². The maximum atomic E-state index is 12.7. The highest BCUT2D eigenvalue weighted by Gasteiger charge is 2.35. The van der Waals surface area contributed by atoms with Gasteiger partial charge in [-0.15, -0.1) is 11.7 Å². The Morgan fingerprint density at radius 3 is 3.00 bits per heavy atom. The zero-order valence-electron chi connectivity index (χ0n) is 12.7. The Hall–Kier alpha value is -2.80. The molecule has 0 radical (unpaired) electrons. The van der Waals surface area contributed by atoms with Crippen molar-refractivity contribution >= 4 is 28.5 Å². The number of hydrazone groups is 1. The van der Waals surface area contributed by atoms with Crippen molar-refractivity contribution in [1.29, 1.82) is 0 Å². The number of para-hydroxylation sites is 1. The summed E-state index contributed by atoms with van der Waals surface area (Å²) < 4.78 is 5.52. The van der Waals surface area contributed by atoms with Crippen LogP contribution in [-0.2, 0) is 4.79 Å². The maximum absolute atomic E-state index is 12.7. The quantitative estimate of drug-likeness (QED) is 0.858. The molecule has 1 N–H and O–H groups in total. The number of fused-ring (bicyclic) bond motifs is 2. The number of hydrogen-bond donors (Lipinski definition) is 1. The number of amidine groups is 1. The predicted molar refractivity (Wildman–Crippen MR) is 92.2 cm³/mol. The molecule has 1 aromatic heterocycles. The van der Waals surface area contributed by atoms with Crippen LogP contribution in [0.15, 0.2) is 69.8 Å². The van der Waals surface area contributed by atoms with E-state index in [0.29, 0.717) is 22.4 Å². The number of benzene rings is 1. The number of carbonyl (C=O) groups excluding carboxylic acids is 1. The molecule has 3 heterocycles. The number of hydrogen-bond acceptors (Lipinski definition) is 6. The van der Waals surface area contributed by atoms with Crippen LogP contribution in [0.5, 0.6) is 0 Å². The van der Waals surface area contributed by atoms with Gasteiger partial charge in [0.2, 0.25) is 6.17 Å². The van der Waals surface area contributed by atoms with Gasteiger partial charge in [0.15, 0.2) is 5.17 Å². The SMILES string of the molecule is C=CCSC1=NN2C(=c3ccccc3=N[C@@H]2c2ccco2)C(=O)N1. The molecule has 0 saturated carbocycles. The van der Waals surface area contributed by atoms with Crippen molar-refractivity contribution < 1.29 is 9.21 Å². The van der Waals surface area contributed by atoms with Gasteiger partial charge in [0, 0.05) is 11.0 Å². The number of carbonyl (C=O) groups is 1. The Kier molecular flexibility index (Phi) is 3.70. The second-order valence-electron chi connectivity index (χ2n) is 5.19. The Labute approximate surface area is 142 Å². The molecule has 2 aliphatic rings. The minimum absolute atomic E-state index is 0.199. The first-order valence-corrected chi connectivity index (χ1v) is 8.40. The summed E-state index contributed by atoms with van der Waals surface area (Å²) in [6.07, 6.45) is 2.85. The monoisotopic (exact) mass is 338 g/mol. The number of nitrogens with one attached hydrogen (secondary N) is 1. The van der Waals surface area contributed by atoms with Crippen LogP contribution in [0.2, 0.25) is 0 Å². The van der Waals surface area contributed by atoms with Crippen LogP contribution in [0.25, 0.3) is 5.70 Å². The normalized spacial score (nSPS) is 18.9. The van der Waals surface area contributed by atoms with Crippen molar-refractivity contribution in [2.45, 2.75) is 6.17 Å². The number of furan rings is 1. The van der Waals surface area contributed by atoms with Crippen LogP contribution in [0.1, 0.15) is 11.9 Å². The first-order valence-electron chi connectivity index (χ1n) is 7.41. The summed E-state index contributed by atoms with van der Waals surface area (Å²) in [7, 11) is 0. The molecule has 1 amide bonds. The van der Waals surface area contributed by atoms with E-state index in [4.69, 9.17) is 9.41 Å². The van der Waals surface area contributed by atoms with E-state index in [1.165, 1.54) is 11.8 Å². The Morgan fingerprint density at radius 2 is 2.21 bits per heavy atom. The molecule has 0 aliphatic carbocycles. The number of nitrogens with zero attached hydrogens (tertiary/aromatic N) is 3. The maximum Gasteiger partial charge on any atom is 0.276 e. The highest BCUT2D eigenvalue weighted by atomic mass is 32.2. The van der Waals surface area contributed by atoms with Gasteiger partial charge in [-0.1, -0.05) is 36.0 Å². The topological polar surface area (TPSA) is 70.2 Å². The molecule has 1 atom stereocenters. The third-order valence-electron chi connectivity index (χ3n) is 3.65. The number of thioether (sulfide) groups is 1. The van der Waals surface area contributed by atoms with Crippen molar-refractivity contribution in [3.63, 3.8) is 0 Å². The van der Waals surface area contributed by atoms with Crippen LogP contribution < -0.4 is 15.9 Å². The van der Waals surface area contributed by atoms with E-state index in [1.807, 2.05) is 30.3 Å². The van der Waals surface area contributed by atoms with Crippen LogP contribution in [0, 0.1) is 0 Å². The van der Waals surface area contributed by atoms with Gasteiger partial charge in [0.1, 0.15) is 11.5 Å². The molecule has 0 bridgehead atoms. The summed E-state index contributed by atoms with van der Waals surface area (Å²) in [5.41, 5.74) is 0.477. The van der Waals surface area contributed by atoms with E-state index < -0.39 is 6.17 Å². The van der Waals surface area contributed by atoms with Crippen molar-refractivity contribution in [3.05, 3.63) is 71.7 Å². The number of amides is 1. The van der Waals surface area contributed by atoms with E-state index in [9.17, 15) is 4.79 Å². The summed E-state index contributed by atoms with van der Waals surface area (Å²) in [6.45, 7) is 3.69. The molecular weight excluding hydrogens is 324 g/mol. The zero-order valence-corrected chi connectivity index (χ0v) is 13.5. The number of rotatable bonds is 3. The van der Waals surface area contributed by atoms with Gasteiger partial charge in [0.25, 0.3) is 5.91 Å². The third-order valence-corrected chi connectivity index (χ3v) is 4.51. The lowest BCUT2D eigenvalue weighted by Gasteiger charge is -2.32. The van der Waals surface area contributed by atoms with Gasteiger partial charge in [-0.3, -0.25) is 10.1 Å². The predicted octanol–water partition coefficient (Wildman–Crippen LogP) is 1.34. The first kappa shape index (κ1) is 14.8. The minimum Gasteiger partial charge on any atom is -0.465 e. The molecule has 120 valence electrons. The molecule has 4 rings (SSSR count). The largest absolute Gasteiger partial charge is 0.465 e. The average Bonchev–Trinajstić information content (AvgIpc) is 3.13. The summed E-state index contributed by atoms with van der Waals surface area (Å²) in [6, 6.07) is 11.2. The Morgan fingerprint density at radius 1 is 1.33 bits per heavy atom. The molecule has 0 spiro atoms. The summed E-state index contributed by atoms with van der Waals surface area (Å²) in [5, 5.41) is 11.1. The third kappa shape index (κ3) is 2.43. The van der Waals surface area contributed by atoms with E-state index in [1.54, 1.807) is 23.4 Å². The van der Waals surface area contributed by atoms with Crippen molar-refractivity contribution in [2.24, 2.45) is 10.1 Å². The highest BCUT2D eigenvalue weighted by Crippen LogP contribution is 2.30. The van der Waals surface area contributed by atoms with Gasteiger partial charge in [-0.25, -0.2) is 10.0 Å². The lowest BCUT2D eigenvalue weighted by Crippen LogP contribution is -2.50. The van der Waals surface area contributed by atoms with Crippen molar-refractivity contribution in [1.82, 2.24) is 10.3 Å². The Balaban J connectivity index is 1.91. The van der Waals surface area contributed by atoms with Gasteiger partial charge < -0.3 is 4.42 Å². The molecular formula is C17H14N4O2S. The van der Waals surface area contributed by atoms with Crippen LogP contribution in [0.4, 0.5) is 0 Å². The van der Waals surface area contributed by atoms with Gasteiger partial charge >= 0.3 is 0 Å². The van der Waals surface area contributed by atoms with E-state index >= 15 is 0 Å². The second kappa shape index (κ2) is 6.01. The fourth-order valence-corrected chi connectivity index (χ4v) is 3.24. The van der Waals surface area contributed by atoms with Crippen LogP contribution in [-0.4, -0.2) is 21.8 Å². The average molecular weight is 338 g/mol. The molecule has 1 aromatic carbocycles. The fraction of sp³-hybridized carbons (Fsp3) is 0.118. The molecule has 0 fully saturated rings. The summed E-state index contributed by atoms with van der Waals surface area (Å²) in [4.78, 5) is 17.4. The van der Waals surface area contributed by atoms with Gasteiger partial charge in [-0.05, 0) is 18.2 Å². The summed E-state index contributed by atoms with van der Waals surface area (Å²) in [5.74, 6) is 1.09. The fourth-order valence-electron chi connectivity index (χ4n) is 2.65. The van der Waals surface area contributed by atoms with E-state index in [2.05, 4.69) is 17.0 Å². The standard InChI is InChI=1S/C17H14N4O2S/c1-2-10-24-17-19-16(22)14-11-6-3-4-7-12(11)18-15(21(14)20-17)13-8-5-9-23-13/h2-9,15H,1,10H2,(H,19,20,22)/t15-/m0/s1. The smallest absolute Gasteiger partial charge is 0.276 e. The van der Waals surface area contributed by atoms with Crippen LogP contribution >= 0.6 is 11.8 Å². The lowest BCUT2D eigenvalue weighted by molar-refractivity contribution is -0.116. The highest BCUT2D eigenvalue weighted by molar-refractivity contribution is 8.14. The molecule has 0 saturated heterocycles. The van der Waals surface area contributed by atoms with E-state index in [-0.39, 0.29) is 5.91 Å². The van der Waals surface area contributed by atoms with Gasteiger partial charge in [-0.2, -0.15) is 0 Å². The summed E-state index contributed by atoms with van der Waals surface area (Å²) >= 11 is 1.41. The minimum atomic E-state index is -0.504. The molecule has 0 unspecified atom stereocenters. The zero-order chi connectivity index (χ0) is 16.5. The van der Waals surface area contributed by atoms with Crippen molar-refractivity contribution in [2.75, 3.05) is 5.75 Å². The van der Waals surface area contributed by atoms with Crippen LogP contribution in [0.3, 0.4) is 0 Å². The molecule has 6 nitrogen and oxygen atoms in total. The Bertz CT molecular complexity index is 949. The van der Waals surface area contributed by atoms with Gasteiger partial charge in [0.05, 0.1) is 11.6 Å². The molecule has 2 aromatic rings.